The van der Waals surface area contributed by atoms with E-state index in [-0.39, 0.29) is 24.8 Å². The Kier molecular flexibility index (Phi) is 14.7. The number of unbranched alkanes of at least 4 members (excludes halogenated alkanes) is 3. The minimum absolute atomic E-state index is 0.128. The highest BCUT2D eigenvalue weighted by atomic mass is 32.9. The molecule has 1 atom stereocenters. The van der Waals surface area contributed by atoms with Gasteiger partial charge in [0.2, 0.25) is 10.0 Å². The molecule has 0 N–H and O–H groups in total. The number of esters is 1. The number of ether oxygens (including phenoxy) is 2. The number of likely N-dealkylation sites (N-methyl/N-ethyl adjacent to an activating group) is 1. The van der Waals surface area contributed by atoms with Crippen molar-refractivity contribution in [3.8, 4) is 0 Å². The van der Waals surface area contributed by atoms with Gasteiger partial charge >= 0.3 is 11.9 Å². The van der Waals surface area contributed by atoms with Crippen LogP contribution in [0.1, 0.15) is 53.4 Å². The van der Waals surface area contributed by atoms with Crippen molar-refractivity contribution < 1.29 is 27.5 Å². The van der Waals surface area contributed by atoms with E-state index < -0.39 is 27.4 Å². The quantitative estimate of drug-likeness (QED) is 0.145. The maximum absolute atomic E-state index is 12.7. The van der Waals surface area contributed by atoms with Gasteiger partial charge in [0.15, 0.2) is 5.54 Å². The van der Waals surface area contributed by atoms with Crippen LogP contribution in [0.15, 0.2) is 0 Å². The standard InChI is InChI=1S/C18H37N2O6PS3/c1-7-20(30(23,24)8-2)27(28,29-15-16(3)4)19(5)17(21)18(22)26-14-12-10-9-11-13-25-6/h16H,7-15H2,1-6H3. The third kappa shape index (κ3) is 9.53. The van der Waals surface area contributed by atoms with E-state index >= 15 is 0 Å². The van der Waals surface area contributed by atoms with E-state index in [1.807, 2.05) is 13.8 Å². The van der Waals surface area contributed by atoms with E-state index in [2.05, 4.69) is 0 Å². The Morgan fingerprint density at radius 3 is 2.13 bits per heavy atom. The van der Waals surface area contributed by atoms with Crippen LogP contribution in [0.2, 0.25) is 0 Å². The lowest BCUT2D eigenvalue weighted by Gasteiger charge is -2.38. The number of hydrogen-bond donors (Lipinski definition) is 0. The summed E-state index contributed by atoms with van der Waals surface area (Å²) in [6.07, 6.45) is 3.39. The normalized spacial score (nSPS) is 14.0. The monoisotopic (exact) mass is 504 g/mol. The summed E-state index contributed by atoms with van der Waals surface area (Å²) in [6.45, 7) is 8.15. The maximum atomic E-state index is 12.7. The largest absolute Gasteiger partial charge is 0.459 e. The van der Waals surface area contributed by atoms with Crippen LogP contribution in [0.25, 0.3) is 0 Å². The minimum atomic E-state index is -3.65. The van der Waals surface area contributed by atoms with Gasteiger partial charge in [0.1, 0.15) is 0 Å². The highest BCUT2D eigenvalue weighted by Gasteiger charge is 2.41. The van der Waals surface area contributed by atoms with Crippen molar-refractivity contribution in [2.24, 2.45) is 5.92 Å². The van der Waals surface area contributed by atoms with Crippen molar-refractivity contribution in [1.82, 2.24) is 8.75 Å². The summed E-state index contributed by atoms with van der Waals surface area (Å²) in [7, 11) is -0.602. The van der Waals surface area contributed by atoms with Gasteiger partial charge in [0.25, 0.3) is 0 Å². The van der Waals surface area contributed by atoms with Crippen LogP contribution >= 0.6 is 16.9 Å². The molecule has 0 saturated heterocycles. The second-order valence-electron chi connectivity index (χ2n) is 7.09. The fourth-order valence-electron chi connectivity index (χ4n) is 2.40. The summed E-state index contributed by atoms with van der Waals surface area (Å²) >= 11 is 7.03. The van der Waals surface area contributed by atoms with Crippen molar-refractivity contribution in [3.05, 3.63) is 0 Å². The molecule has 30 heavy (non-hydrogen) atoms. The Morgan fingerprint density at radius 1 is 1.10 bits per heavy atom. The zero-order chi connectivity index (χ0) is 23.4. The summed E-state index contributed by atoms with van der Waals surface area (Å²) in [6, 6.07) is 0. The van der Waals surface area contributed by atoms with Gasteiger partial charge in [-0.15, -0.1) is 4.08 Å². The number of nitrogens with zero attached hydrogens (tertiary/aromatic N) is 2. The summed E-state index contributed by atoms with van der Waals surface area (Å²) in [5.74, 6) is -1.22. The second-order valence-corrected chi connectivity index (χ2v) is 16.7. The number of amides is 1. The molecule has 0 radical (unpaired) electrons. The smallest absolute Gasteiger partial charge is 0.397 e. The topological polar surface area (TPSA) is 93.2 Å². The second kappa shape index (κ2) is 14.8. The van der Waals surface area contributed by atoms with Gasteiger partial charge in [0, 0.05) is 33.1 Å². The van der Waals surface area contributed by atoms with Gasteiger partial charge in [-0.05, 0) is 43.9 Å². The van der Waals surface area contributed by atoms with E-state index in [4.69, 9.17) is 21.3 Å². The van der Waals surface area contributed by atoms with Crippen LogP contribution in [-0.4, -0.2) is 74.5 Å². The first-order valence-electron chi connectivity index (χ1n) is 10.2. The molecular weight excluding hydrogens is 467 g/mol. The van der Waals surface area contributed by atoms with E-state index in [0.29, 0.717) is 18.8 Å². The number of carbonyl (C=O) groups excluding carboxylic acids is 2. The maximum Gasteiger partial charge on any atom is 0.397 e. The highest BCUT2D eigenvalue weighted by molar-refractivity contribution is 8.70. The molecule has 0 aliphatic carbocycles. The van der Waals surface area contributed by atoms with Gasteiger partial charge in [-0.3, -0.25) is 9.46 Å². The molecule has 0 spiro atoms. The van der Waals surface area contributed by atoms with Crippen molar-refractivity contribution >= 4 is 50.6 Å². The minimum Gasteiger partial charge on any atom is -0.459 e. The van der Waals surface area contributed by atoms with Crippen LogP contribution in [0.4, 0.5) is 0 Å². The van der Waals surface area contributed by atoms with Crippen LogP contribution < -0.4 is 0 Å². The number of hydrogen-bond acceptors (Lipinski definition) is 8. The van der Waals surface area contributed by atoms with E-state index in [1.54, 1.807) is 14.0 Å². The molecular formula is C18H37N2O6PS3. The van der Waals surface area contributed by atoms with Crippen LogP contribution in [0, 0.1) is 5.92 Å². The first kappa shape index (κ1) is 29.8. The molecule has 1 amide bonds. The van der Waals surface area contributed by atoms with Crippen LogP contribution in [0.5, 0.6) is 0 Å². The SMILES string of the molecule is CCN(P(=S)(SCC(C)C)N(C)C(=O)C(=O)OCCCCCCOC)S(=O)(=O)CC. The zero-order valence-corrected chi connectivity index (χ0v) is 22.3. The third-order valence-corrected chi connectivity index (χ3v) is 15.8. The molecule has 0 heterocycles. The van der Waals surface area contributed by atoms with Crippen molar-refractivity contribution in [2.75, 3.05) is 45.4 Å². The zero-order valence-electron chi connectivity index (χ0n) is 19.0. The van der Waals surface area contributed by atoms with Gasteiger partial charge in [-0.1, -0.05) is 38.6 Å². The first-order chi connectivity index (χ1) is 14.0. The molecule has 12 heteroatoms. The Bertz CT molecular complexity index is 687. The lowest BCUT2D eigenvalue weighted by Crippen LogP contribution is -2.39. The molecule has 0 saturated carbocycles. The average molecular weight is 505 g/mol. The lowest BCUT2D eigenvalue weighted by atomic mass is 10.2. The molecule has 0 aromatic heterocycles. The van der Waals surface area contributed by atoms with Gasteiger partial charge < -0.3 is 9.47 Å². The molecule has 0 rings (SSSR count). The molecule has 0 bridgehead atoms. The van der Waals surface area contributed by atoms with Gasteiger partial charge in [-0.2, -0.15) is 0 Å². The van der Waals surface area contributed by atoms with E-state index in [1.165, 1.54) is 29.4 Å². The molecule has 0 aromatic carbocycles. The summed E-state index contributed by atoms with van der Waals surface area (Å²) < 4.78 is 37.7. The Hall–Kier alpha value is -0.190. The molecule has 1 unspecified atom stereocenters. The summed E-state index contributed by atoms with van der Waals surface area (Å²) in [5.41, 5.74) is -3.12. The van der Waals surface area contributed by atoms with Crippen LogP contribution in [0.3, 0.4) is 0 Å². The Balaban J connectivity index is 5.25. The average Bonchev–Trinajstić information content (AvgIpc) is 2.70. The van der Waals surface area contributed by atoms with Gasteiger partial charge in [0.05, 0.1) is 12.4 Å². The number of methoxy groups -OCH3 is 1. The van der Waals surface area contributed by atoms with Crippen molar-refractivity contribution in [2.45, 2.75) is 53.4 Å². The molecule has 0 aliphatic heterocycles. The number of rotatable bonds is 15. The Labute approximate surface area is 191 Å². The number of sulfonamides is 1. The van der Waals surface area contributed by atoms with Crippen molar-refractivity contribution in [1.29, 1.82) is 0 Å². The fraction of sp³-hybridized carbons (Fsp3) is 0.889. The van der Waals surface area contributed by atoms with E-state index in [0.717, 1.165) is 23.9 Å². The molecule has 0 aliphatic rings. The van der Waals surface area contributed by atoms with Crippen molar-refractivity contribution in [3.63, 3.8) is 0 Å². The van der Waals surface area contributed by atoms with Gasteiger partial charge in [-0.25, -0.2) is 13.2 Å². The fourth-order valence-corrected chi connectivity index (χ4v) is 13.1. The molecule has 0 aromatic rings. The third-order valence-electron chi connectivity index (χ3n) is 4.14. The van der Waals surface area contributed by atoms with E-state index in [9.17, 15) is 18.0 Å². The lowest BCUT2D eigenvalue weighted by molar-refractivity contribution is -0.157. The first-order valence-corrected chi connectivity index (χ1v) is 16.1. The molecule has 8 nitrogen and oxygen atoms in total. The highest BCUT2D eigenvalue weighted by Crippen LogP contribution is 2.65. The predicted molar refractivity (Wildman–Crippen MR) is 127 cm³/mol. The Morgan fingerprint density at radius 2 is 1.67 bits per heavy atom. The molecule has 178 valence electrons. The molecule has 0 fully saturated rings. The summed E-state index contributed by atoms with van der Waals surface area (Å²) in [4.78, 5) is 25.0. The number of carbonyl (C=O) groups is 2. The van der Waals surface area contributed by atoms with Crippen LogP contribution in [-0.2, 0) is 40.9 Å². The predicted octanol–water partition coefficient (Wildman–Crippen LogP) is 3.48. The summed E-state index contributed by atoms with van der Waals surface area (Å²) in [5, 5.41) is 0.